The normalized spacial score (nSPS) is 12.2. The van der Waals surface area contributed by atoms with Crippen LogP contribution in [0.1, 0.15) is 9.67 Å². The van der Waals surface area contributed by atoms with Crippen LogP contribution in [0.2, 0.25) is 10.0 Å². The van der Waals surface area contributed by atoms with Crippen LogP contribution in [0.25, 0.3) is 20.3 Å². The van der Waals surface area contributed by atoms with Crippen molar-refractivity contribution in [3.8, 4) is 0 Å². The molecule has 10 heteroatoms. The molecule has 6 nitrogen and oxygen atoms in total. The third kappa shape index (κ3) is 3.25. The molecule has 4 aromatic rings. The van der Waals surface area contributed by atoms with Crippen LogP contribution in [-0.2, 0) is 7.05 Å². The third-order valence-corrected chi connectivity index (χ3v) is 6.62. The molecule has 0 aliphatic carbocycles. The van der Waals surface area contributed by atoms with Crippen molar-refractivity contribution < 1.29 is 9.72 Å². The molecule has 0 fully saturated rings. The standard InChI is InChI=1S/C17H9Cl2N3O3S2/c1-21-15-11(19)6-9(18)7-13(15)27-17(21)20-16(23)14-5-8-4-10(22(24)25)2-3-12(8)26-14/h2-7H,1H3. The van der Waals surface area contributed by atoms with Crippen LogP contribution in [0.5, 0.6) is 0 Å². The molecule has 0 radical (unpaired) electrons. The minimum Gasteiger partial charge on any atom is -0.318 e. The topological polar surface area (TPSA) is 77.5 Å². The first-order valence-electron chi connectivity index (χ1n) is 7.55. The second kappa shape index (κ2) is 6.72. The van der Waals surface area contributed by atoms with Gasteiger partial charge >= 0.3 is 0 Å². The number of aryl methyl sites for hydroxylation is 1. The molecule has 0 atom stereocenters. The molecular weight excluding hydrogens is 429 g/mol. The Labute approximate surface area is 170 Å². The van der Waals surface area contributed by atoms with E-state index in [1.54, 1.807) is 35.9 Å². The molecule has 1 amide bonds. The zero-order valence-corrected chi connectivity index (χ0v) is 16.7. The predicted octanol–water partition coefficient (Wildman–Crippen LogP) is 5.41. The van der Waals surface area contributed by atoms with Gasteiger partial charge in [0.05, 0.1) is 25.0 Å². The van der Waals surface area contributed by atoms with Crippen LogP contribution in [0, 0.1) is 10.1 Å². The molecule has 0 unspecified atom stereocenters. The summed E-state index contributed by atoms with van der Waals surface area (Å²) in [5, 5.41) is 12.5. The Kier molecular flexibility index (Phi) is 4.51. The first-order valence-corrected chi connectivity index (χ1v) is 9.94. The van der Waals surface area contributed by atoms with Crippen molar-refractivity contribution in [2.24, 2.45) is 12.0 Å². The lowest BCUT2D eigenvalue weighted by Gasteiger charge is -1.98. The summed E-state index contributed by atoms with van der Waals surface area (Å²) in [7, 11) is 1.78. The number of carbonyl (C=O) groups is 1. The minimum atomic E-state index is -0.463. The first-order chi connectivity index (χ1) is 12.8. The largest absolute Gasteiger partial charge is 0.318 e. The van der Waals surface area contributed by atoms with Gasteiger partial charge in [0.15, 0.2) is 4.80 Å². The highest BCUT2D eigenvalue weighted by molar-refractivity contribution is 7.21. The van der Waals surface area contributed by atoms with Crippen LogP contribution in [0.15, 0.2) is 41.4 Å². The van der Waals surface area contributed by atoms with E-state index in [4.69, 9.17) is 23.2 Å². The maximum Gasteiger partial charge on any atom is 0.289 e. The highest BCUT2D eigenvalue weighted by Crippen LogP contribution is 2.31. The van der Waals surface area contributed by atoms with E-state index in [1.165, 1.54) is 34.8 Å². The van der Waals surface area contributed by atoms with Crippen LogP contribution in [0.3, 0.4) is 0 Å². The zero-order chi connectivity index (χ0) is 19.3. The highest BCUT2D eigenvalue weighted by Gasteiger charge is 2.14. The van der Waals surface area contributed by atoms with Crippen molar-refractivity contribution in [2.75, 3.05) is 0 Å². The average Bonchev–Trinajstić information content (AvgIpc) is 3.15. The first kappa shape index (κ1) is 18.1. The van der Waals surface area contributed by atoms with Gasteiger partial charge in [-0.25, -0.2) is 0 Å². The molecule has 136 valence electrons. The molecule has 0 spiro atoms. The van der Waals surface area contributed by atoms with Crippen LogP contribution < -0.4 is 4.80 Å². The van der Waals surface area contributed by atoms with E-state index in [0.717, 1.165) is 14.9 Å². The number of nitro benzene ring substituents is 1. The lowest BCUT2D eigenvalue weighted by molar-refractivity contribution is -0.384. The zero-order valence-electron chi connectivity index (χ0n) is 13.6. The SMILES string of the molecule is Cn1c(=NC(=O)c2cc3cc([N+](=O)[O-])ccc3s2)sc2cc(Cl)cc(Cl)c21. The van der Waals surface area contributed by atoms with E-state index in [0.29, 0.717) is 25.1 Å². The molecule has 27 heavy (non-hydrogen) atoms. The van der Waals surface area contributed by atoms with Crippen molar-refractivity contribution in [3.05, 3.63) is 66.2 Å². The van der Waals surface area contributed by atoms with Crippen molar-refractivity contribution in [1.82, 2.24) is 4.57 Å². The number of thiophene rings is 1. The van der Waals surface area contributed by atoms with Gasteiger partial charge in [0, 0.05) is 34.3 Å². The van der Waals surface area contributed by atoms with E-state index in [1.807, 2.05) is 0 Å². The summed E-state index contributed by atoms with van der Waals surface area (Å²) >= 11 is 14.8. The van der Waals surface area contributed by atoms with E-state index in [-0.39, 0.29) is 5.69 Å². The number of amides is 1. The van der Waals surface area contributed by atoms with Gasteiger partial charge in [-0.15, -0.1) is 11.3 Å². The van der Waals surface area contributed by atoms with Crippen molar-refractivity contribution in [2.45, 2.75) is 0 Å². The fourth-order valence-corrected chi connectivity index (χ4v) is 5.45. The molecule has 0 bridgehead atoms. The lowest BCUT2D eigenvalue weighted by Crippen LogP contribution is -2.12. The van der Waals surface area contributed by atoms with E-state index in [2.05, 4.69) is 4.99 Å². The van der Waals surface area contributed by atoms with Crippen LogP contribution in [-0.4, -0.2) is 15.4 Å². The van der Waals surface area contributed by atoms with Crippen LogP contribution >= 0.6 is 45.9 Å². The van der Waals surface area contributed by atoms with E-state index < -0.39 is 10.8 Å². The number of hydrogen-bond donors (Lipinski definition) is 0. The Bertz CT molecular complexity index is 1320. The van der Waals surface area contributed by atoms with Gasteiger partial charge in [-0.2, -0.15) is 4.99 Å². The molecule has 0 saturated heterocycles. The van der Waals surface area contributed by atoms with Crippen LogP contribution in [0.4, 0.5) is 5.69 Å². The molecule has 4 rings (SSSR count). The number of hydrogen-bond acceptors (Lipinski definition) is 5. The minimum absolute atomic E-state index is 0.0151. The van der Waals surface area contributed by atoms with Crippen molar-refractivity contribution in [3.63, 3.8) is 0 Å². The number of non-ortho nitro benzene ring substituents is 1. The van der Waals surface area contributed by atoms with Gasteiger partial charge < -0.3 is 4.57 Å². The van der Waals surface area contributed by atoms with Gasteiger partial charge in [0.25, 0.3) is 11.6 Å². The van der Waals surface area contributed by atoms with Gasteiger partial charge in [-0.05, 0) is 24.3 Å². The predicted molar refractivity (Wildman–Crippen MR) is 109 cm³/mol. The molecule has 2 aromatic heterocycles. The summed E-state index contributed by atoms with van der Waals surface area (Å²) in [5.41, 5.74) is 0.739. The molecule has 2 aromatic carbocycles. The second-order valence-electron chi connectivity index (χ2n) is 5.68. The van der Waals surface area contributed by atoms with Crippen molar-refractivity contribution in [1.29, 1.82) is 0 Å². The number of aromatic nitrogens is 1. The summed E-state index contributed by atoms with van der Waals surface area (Å²) in [6, 6.07) is 9.54. The number of carbonyl (C=O) groups excluding carboxylic acids is 1. The number of thiazole rings is 1. The summed E-state index contributed by atoms with van der Waals surface area (Å²) in [6.45, 7) is 0. The Morgan fingerprint density at radius 3 is 2.67 bits per heavy atom. The number of benzene rings is 2. The third-order valence-electron chi connectivity index (χ3n) is 3.94. The molecule has 0 aliphatic rings. The highest BCUT2D eigenvalue weighted by atomic mass is 35.5. The molecular formula is C17H9Cl2N3O3S2. The Morgan fingerprint density at radius 2 is 1.93 bits per heavy atom. The summed E-state index contributed by atoms with van der Waals surface area (Å²) < 4.78 is 3.36. The number of nitro groups is 1. The fraction of sp³-hybridized carbons (Fsp3) is 0.0588. The Balaban J connectivity index is 1.80. The molecule has 2 heterocycles. The molecule has 0 N–H and O–H groups in total. The number of nitrogens with zero attached hydrogens (tertiary/aromatic N) is 3. The van der Waals surface area contributed by atoms with Gasteiger partial charge in [-0.1, -0.05) is 34.5 Å². The van der Waals surface area contributed by atoms with Gasteiger partial charge in [0.2, 0.25) is 0 Å². The number of fused-ring (bicyclic) bond motifs is 2. The second-order valence-corrected chi connectivity index (χ2v) is 8.62. The fourth-order valence-electron chi connectivity index (χ4n) is 2.70. The lowest BCUT2D eigenvalue weighted by atomic mass is 10.2. The monoisotopic (exact) mass is 437 g/mol. The van der Waals surface area contributed by atoms with Gasteiger partial charge in [0.1, 0.15) is 0 Å². The van der Waals surface area contributed by atoms with E-state index in [9.17, 15) is 14.9 Å². The number of halogens is 2. The van der Waals surface area contributed by atoms with Gasteiger partial charge in [-0.3, -0.25) is 14.9 Å². The maximum atomic E-state index is 12.6. The van der Waals surface area contributed by atoms with Crippen molar-refractivity contribution >= 4 is 77.8 Å². The Hall–Kier alpha value is -2.26. The Morgan fingerprint density at radius 1 is 1.15 bits per heavy atom. The molecule has 0 saturated carbocycles. The summed E-state index contributed by atoms with van der Waals surface area (Å²) in [6.07, 6.45) is 0. The maximum absolute atomic E-state index is 12.6. The molecule has 0 aliphatic heterocycles. The van der Waals surface area contributed by atoms with E-state index >= 15 is 0 Å². The summed E-state index contributed by atoms with van der Waals surface area (Å²) in [5.74, 6) is -0.414. The smallest absolute Gasteiger partial charge is 0.289 e. The quantitative estimate of drug-likeness (QED) is 0.310. The average molecular weight is 438 g/mol. The summed E-state index contributed by atoms with van der Waals surface area (Å²) in [4.78, 5) is 28.2. The number of rotatable bonds is 2.